The van der Waals surface area contributed by atoms with Gasteiger partial charge in [-0.3, -0.25) is 0 Å². The lowest BCUT2D eigenvalue weighted by Gasteiger charge is -2.36. The molecule has 108 valence electrons. The molecule has 0 amide bonds. The first-order valence-corrected chi connectivity index (χ1v) is 8.24. The van der Waals surface area contributed by atoms with E-state index >= 15 is 0 Å². The van der Waals surface area contributed by atoms with Gasteiger partial charge in [0.25, 0.3) is 0 Å². The van der Waals surface area contributed by atoms with Crippen LogP contribution in [-0.2, 0) is 6.42 Å². The van der Waals surface area contributed by atoms with E-state index in [4.69, 9.17) is 18.0 Å². The molecule has 0 spiro atoms. The minimum atomic E-state index is 0.428. The molecule has 20 heavy (non-hydrogen) atoms. The summed E-state index contributed by atoms with van der Waals surface area (Å²) in [5.74, 6) is 1.13. The lowest BCUT2D eigenvalue weighted by atomic mass is 9.82. The molecule has 2 aliphatic rings. The normalized spacial score (nSPS) is 27.0. The maximum Gasteiger partial charge on any atom is 0.0771 e. The minimum absolute atomic E-state index is 0.428. The van der Waals surface area contributed by atoms with Crippen LogP contribution < -0.4 is 5.73 Å². The van der Waals surface area contributed by atoms with Crippen LogP contribution in [0.15, 0.2) is 24.3 Å². The average Bonchev–Trinajstić information content (AvgIpc) is 2.48. The maximum atomic E-state index is 5.84. The largest absolute Gasteiger partial charge is 0.393 e. The second kappa shape index (κ2) is 6.23. The Kier molecular flexibility index (Phi) is 4.37. The fraction of sp³-hybridized carbons (Fsp3) is 0.588. The van der Waals surface area contributed by atoms with Crippen molar-refractivity contribution < 1.29 is 0 Å². The van der Waals surface area contributed by atoms with E-state index in [1.54, 1.807) is 11.1 Å². The van der Waals surface area contributed by atoms with Crippen LogP contribution in [-0.4, -0.2) is 29.5 Å². The third-order valence-corrected chi connectivity index (χ3v) is 5.21. The predicted octanol–water partition coefficient (Wildman–Crippen LogP) is 3.10. The van der Waals surface area contributed by atoms with Crippen molar-refractivity contribution in [1.82, 2.24) is 4.90 Å². The topological polar surface area (TPSA) is 29.3 Å². The number of aryl methyl sites for hydroxylation is 1. The molecule has 1 aromatic rings. The molecular weight excluding hydrogens is 264 g/mol. The zero-order valence-corrected chi connectivity index (χ0v) is 12.9. The van der Waals surface area contributed by atoms with Crippen LogP contribution in [0.1, 0.15) is 42.7 Å². The Morgan fingerprint density at radius 1 is 1.25 bits per heavy atom. The summed E-state index contributed by atoms with van der Waals surface area (Å²) in [7, 11) is 0. The maximum absolute atomic E-state index is 5.84. The second-order valence-corrected chi connectivity index (χ2v) is 6.76. The molecule has 2 nitrogen and oxygen atoms in total. The highest BCUT2D eigenvalue weighted by Gasteiger charge is 2.26. The van der Waals surface area contributed by atoms with E-state index in [1.807, 2.05) is 0 Å². The van der Waals surface area contributed by atoms with Crippen LogP contribution in [0.2, 0.25) is 0 Å². The van der Waals surface area contributed by atoms with Gasteiger partial charge in [0.15, 0.2) is 0 Å². The first-order valence-electron chi connectivity index (χ1n) is 7.83. The molecule has 3 rings (SSSR count). The Labute approximate surface area is 127 Å². The van der Waals surface area contributed by atoms with Gasteiger partial charge in [-0.25, -0.2) is 0 Å². The van der Waals surface area contributed by atoms with Crippen LogP contribution in [0, 0.1) is 5.92 Å². The molecule has 2 unspecified atom stereocenters. The summed E-state index contributed by atoms with van der Waals surface area (Å²) in [6, 6.07) is 8.99. The van der Waals surface area contributed by atoms with Crippen molar-refractivity contribution in [2.24, 2.45) is 11.7 Å². The van der Waals surface area contributed by atoms with Gasteiger partial charge >= 0.3 is 0 Å². The molecule has 0 aromatic heterocycles. The number of nitrogens with zero attached hydrogens (tertiary/aromatic N) is 1. The molecule has 1 aliphatic carbocycles. The standard InChI is InChI=1S/C17H24N2S/c18-17(20)15-8-4-10-19(12-15)11-14-7-3-6-13-5-1-2-9-16(13)14/h1-2,5,9,14-15H,3-4,6-8,10-12H2,(H2,18,20). The van der Waals surface area contributed by atoms with E-state index in [1.165, 1.54) is 45.2 Å². The van der Waals surface area contributed by atoms with Gasteiger partial charge in [0.1, 0.15) is 0 Å². The molecule has 2 N–H and O–H groups in total. The van der Waals surface area contributed by atoms with Crippen molar-refractivity contribution in [2.45, 2.75) is 38.0 Å². The van der Waals surface area contributed by atoms with Gasteiger partial charge in [-0.1, -0.05) is 36.5 Å². The summed E-state index contributed by atoms with van der Waals surface area (Å²) in [5.41, 5.74) is 8.99. The van der Waals surface area contributed by atoms with E-state index in [0.717, 1.165) is 6.54 Å². The Hall–Kier alpha value is -0.930. The smallest absolute Gasteiger partial charge is 0.0771 e. The number of hydrogen-bond donors (Lipinski definition) is 1. The minimum Gasteiger partial charge on any atom is -0.393 e. The van der Waals surface area contributed by atoms with Crippen molar-refractivity contribution in [3.8, 4) is 0 Å². The number of likely N-dealkylation sites (tertiary alicyclic amines) is 1. The molecule has 1 saturated heterocycles. The van der Waals surface area contributed by atoms with E-state index in [-0.39, 0.29) is 0 Å². The van der Waals surface area contributed by atoms with Gasteiger partial charge in [0, 0.05) is 19.0 Å². The molecule has 3 heteroatoms. The summed E-state index contributed by atoms with van der Waals surface area (Å²) < 4.78 is 0. The third kappa shape index (κ3) is 3.04. The molecule has 1 heterocycles. The number of rotatable bonds is 3. The van der Waals surface area contributed by atoms with Crippen molar-refractivity contribution in [2.75, 3.05) is 19.6 Å². The van der Waals surface area contributed by atoms with Gasteiger partial charge in [0.05, 0.1) is 4.99 Å². The van der Waals surface area contributed by atoms with Crippen molar-refractivity contribution in [3.63, 3.8) is 0 Å². The van der Waals surface area contributed by atoms with Crippen molar-refractivity contribution in [1.29, 1.82) is 0 Å². The Morgan fingerprint density at radius 3 is 2.95 bits per heavy atom. The highest BCUT2D eigenvalue weighted by Crippen LogP contribution is 2.33. The summed E-state index contributed by atoms with van der Waals surface area (Å²) in [6.45, 7) is 3.45. The summed E-state index contributed by atoms with van der Waals surface area (Å²) in [5, 5.41) is 0. The molecule has 0 bridgehead atoms. The number of piperidine rings is 1. The Bertz CT molecular complexity index is 486. The van der Waals surface area contributed by atoms with Crippen LogP contribution in [0.5, 0.6) is 0 Å². The van der Waals surface area contributed by atoms with E-state index in [2.05, 4.69) is 29.2 Å². The van der Waals surface area contributed by atoms with Crippen molar-refractivity contribution in [3.05, 3.63) is 35.4 Å². The molecule has 2 atom stereocenters. The van der Waals surface area contributed by atoms with E-state index < -0.39 is 0 Å². The molecular formula is C17H24N2S. The van der Waals surface area contributed by atoms with Gasteiger partial charge < -0.3 is 10.6 Å². The van der Waals surface area contributed by atoms with Gasteiger partial charge in [-0.2, -0.15) is 0 Å². The predicted molar refractivity (Wildman–Crippen MR) is 88.1 cm³/mol. The fourth-order valence-corrected chi connectivity index (χ4v) is 4.00. The third-order valence-electron chi connectivity index (χ3n) is 4.88. The second-order valence-electron chi connectivity index (χ2n) is 6.29. The molecule has 1 aromatic carbocycles. The summed E-state index contributed by atoms with van der Waals surface area (Å²) in [4.78, 5) is 3.29. The highest BCUT2D eigenvalue weighted by molar-refractivity contribution is 7.80. The number of nitrogens with two attached hydrogens (primary N) is 1. The lowest BCUT2D eigenvalue weighted by Crippen LogP contribution is -2.42. The average molecular weight is 288 g/mol. The fourth-order valence-electron chi connectivity index (χ4n) is 3.81. The highest BCUT2D eigenvalue weighted by atomic mass is 32.1. The number of fused-ring (bicyclic) bond motifs is 1. The first-order chi connectivity index (χ1) is 9.74. The Morgan fingerprint density at radius 2 is 2.10 bits per heavy atom. The summed E-state index contributed by atoms with van der Waals surface area (Å²) >= 11 is 5.19. The molecule has 0 radical (unpaired) electrons. The van der Waals surface area contributed by atoms with Gasteiger partial charge in [0.2, 0.25) is 0 Å². The molecule has 1 aliphatic heterocycles. The van der Waals surface area contributed by atoms with Crippen LogP contribution >= 0.6 is 12.2 Å². The Balaban J connectivity index is 1.68. The lowest BCUT2D eigenvalue weighted by molar-refractivity contribution is 0.188. The molecule has 1 fully saturated rings. The first kappa shape index (κ1) is 14.0. The van der Waals surface area contributed by atoms with Gasteiger partial charge in [-0.15, -0.1) is 0 Å². The number of benzene rings is 1. The van der Waals surface area contributed by atoms with Crippen LogP contribution in [0.4, 0.5) is 0 Å². The SMILES string of the molecule is NC(=S)C1CCCN(CC2CCCc3ccccc32)C1. The van der Waals surface area contributed by atoms with Crippen molar-refractivity contribution >= 4 is 17.2 Å². The summed E-state index contributed by atoms with van der Waals surface area (Å²) in [6.07, 6.45) is 6.31. The zero-order valence-electron chi connectivity index (χ0n) is 12.1. The van der Waals surface area contributed by atoms with Crippen LogP contribution in [0.3, 0.4) is 0 Å². The van der Waals surface area contributed by atoms with Crippen LogP contribution in [0.25, 0.3) is 0 Å². The van der Waals surface area contributed by atoms with E-state index in [0.29, 0.717) is 16.8 Å². The van der Waals surface area contributed by atoms with E-state index in [9.17, 15) is 0 Å². The quantitative estimate of drug-likeness (QED) is 0.867. The molecule has 0 saturated carbocycles. The van der Waals surface area contributed by atoms with Gasteiger partial charge in [-0.05, 0) is 55.7 Å². The number of thiocarbonyl (C=S) groups is 1. The number of hydrogen-bond acceptors (Lipinski definition) is 2. The zero-order chi connectivity index (χ0) is 13.9. The monoisotopic (exact) mass is 288 g/mol.